The molecule has 1 saturated carbocycles. The molecule has 2 fully saturated rings. The van der Waals surface area contributed by atoms with E-state index in [9.17, 15) is 14.7 Å². The van der Waals surface area contributed by atoms with E-state index in [4.69, 9.17) is 16.0 Å². The minimum atomic E-state index is -0.926. The lowest BCUT2D eigenvalue weighted by atomic mass is 9.94. The maximum Gasteiger partial charge on any atom is 0.326 e. The lowest BCUT2D eigenvalue weighted by Crippen LogP contribution is -2.43. The highest BCUT2D eigenvalue weighted by atomic mass is 35.5. The second-order valence-corrected chi connectivity index (χ2v) is 7.18. The number of carboxylic acids is 1. The Labute approximate surface area is 144 Å². The second-order valence-electron chi connectivity index (χ2n) is 6.77. The van der Waals surface area contributed by atoms with Crippen LogP contribution >= 0.6 is 11.6 Å². The van der Waals surface area contributed by atoms with Crippen molar-refractivity contribution < 1.29 is 19.1 Å². The van der Waals surface area contributed by atoms with Crippen molar-refractivity contribution in [3.05, 3.63) is 34.5 Å². The monoisotopic (exact) mass is 347 g/mol. The van der Waals surface area contributed by atoms with Crippen LogP contribution in [0.4, 0.5) is 0 Å². The average Bonchev–Trinajstić information content (AvgIpc) is 3.20. The number of carbonyl (C=O) groups is 2. The first-order chi connectivity index (χ1) is 11.5. The summed E-state index contributed by atoms with van der Waals surface area (Å²) in [6, 6.07) is 4.61. The fourth-order valence-corrected chi connectivity index (χ4v) is 4.59. The maximum absolute atomic E-state index is 13.0. The van der Waals surface area contributed by atoms with Crippen LogP contribution in [-0.4, -0.2) is 34.5 Å². The Hall–Kier alpha value is -2.01. The molecule has 0 radical (unpaired) electrons. The van der Waals surface area contributed by atoms with E-state index in [0.29, 0.717) is 22.7 Å². The third-order valence-electron chi connectivity index (χ3n) is 5.51. The molecule has 2 heterocycles. The van der Waals surface area contributed by atoms with Gasteiger partial charge in [0.15, 0.2) is 11.3 Å². The van der Waals surface area contributed by atoms with Crippen LogP contribution < -0.4 is 0 Å². The molecule has 2 aliphatic rings. The number of amides is 1. The normalized spacial score (nSPS) is 26.1. The summed E-state index contributed by atoms with van der Waals surface area (Å²) in [6.45, 7) is 2.30. The Morgan fingerprint density at radius 3 is 2.83 bits per heavy atom. The molecular weight excluding hydrogens is 330 g/mol. The lowest BCUT2D eigenvalue weighted by molar-refractivity contribution is -0.142. The summed E-state index contributed by atoms with van der Waals surface area (Å²) < 4.78 is 5.74. The second kappa shape index (κ2) is 5.52. The first-order valence-electron chi connectivity index (χ1n) is 8.20. The largest absolute Gasteiger partial charge is 0.480 e. The summed E-state index contributed by atoms with van der Waals surface area (Å²) in [6.07, 6.45) is 2.90. The van der Waals surface area contributed by atoms with Gasteiger partial charge in [0, 0.05) is 17.5 Å². The van der Waals surface area contributed by atoms with Gasteiger partial charge in [-0.1, -0.05) is 30.2 Å². The highest BCUT2D eigenvalue weighted by Crippen LogP contribution is 2.43. The number of para-hydroxylation sites is 1. The topological polar surface area (TPSA) is 70.8 Å². The Kier molecular flexibility index (Phi) is 3.57. The number of nitrogens with zero attached hydrogens (tertiary/aromatic N) is 1. The van der Waals surface area contributed by atoms with Crippen molar-refractivity contribution >= 4 is 34.4 Å². The Morgan fingerprint density at radius 2 is 2.12 bits per heavy atom. The van der Waals surface area contributed by atoms with Gasteiger partial charge in [-0.05, 0) is 37.7 Å². The number of furan rings is 1. The Balaban J connectivity index is 1.75. The molecule has 4 rings (SSSR count). The summed E-state index contributed by atoms with van der Waals surface area (Å²) in [5, 5.41) is 10.9. The third-order valence-corrected chi connectivity index (χ3v) is 5.81. The van der Waals surface area contributed by atoms with E-state index >= 15 is 0 Å². The number of aryl methyl sites for hydroxylation is 1. The predicted molar refractivity (Wildman–Crippen MR) is 89.3 cm³/mol. The van der Waals surface area contributed by atoms with E-state index < -0.39 is 12.0 Å². The van der Waals surface area contributed by atoms with Gasteiger partial charge in [-0.15, -0.1) is 0 Å². The Bertz CT molecular complexity index is 843. The van der Waals surface area contributed by atoms with Gasteiger partial charge in [-0.2, -0.15) is 0 Å². The van der Waals surface area contributed by atoms with Crippen LogP contribution in [-0.2, 0) is 4.79 Å². The molecule has 1 saturated heterocycles. The van der Waals surface area contributed by atoms with Crippen LogP contribution in [0.2, 0.25) is 5.02 Å². The highest BCUT2D eigenvalue weighted by molar-refractivity contribution is 6.35. The third kappa shape index (κ3) is 2.14. The molecule has 3 atom stereocenters. The van der Waals surface area contributed by atoms with Gasteiger partial charge >= 0.3 is 5.97 Å². The van der Waals surface area contributed by atoms with Crippen molar-refractivity contribution in [2.24, 2.45) is 11.8 Å². The molecule has 1 aromatic carbocycles. The fourth-order valence-electron chi connectivity index (χ4n) is 4.37. The molecule has 5 nitrogen and oxygen atoms in total. The molecule has 2 aromatic rings. The van der Waals surface area contributed by atoms with Gasteiger partial charge < -0.3 is 14.4 Å². The smallest absolute Gasteiger partial charge is 0.326 e. The molecule has 1 aromatic heterocycles. The van der Waals surface area contributed by atoms with Crippen molar-refractivity contribution in [1.29, 1.82) is 0 Å². The SMILES string of the molecule is Cc1c(C(=O)N2CC3CCCC3C2C(=O)O)oc2c(Cl)cccc12. The summed E-state index contributed by atoms with van der Waals surface area (Å²) in [4.78, 5) is 26.3. The van der Waals surface area contributed by atoms with E-state index in [2.05, 4.69) is 0 Å². The predicted octanol–water partition coefficient (Wildman–Crippen LogP) is 3.72. The number of carbonyl (C=O) groups excluding carboxylic acids is 1. The number of halogens is 1. The number of rotatable bonds is 2. The summed E-state index contributed by atoms with van der Waals surface area (Å²) in [5.41, 5.74) is 1.19. The van der Waals surface area contributed by atoms with Crippen LogP contribution in [0.5, 0.6) is 0 Å². The van der Waals surface area contributed by atoms with Crippen molar-refractivity contribution in [3.8, 4) is 0 Å². The number of fused-ring (bicyclic) bond motifs is 2. The van der Waals surface area contributed by atoms with Crippen molar-refractivity contribution in [2.75, 3.05) is 6.54 Å². The minimum Gasteiger partial charge on any atom is -0.480 e. The number of hydrogen-bond donors (Lipinski definition) is 1. The van der Waals surface area contributed by atoms with E-state index in [-0.39, 0.29) is 23.5 Å². The van der Waals surface area contributed by atoms with Crippen LogP contribution in [0, 0.1) is 18.8 Å². The summed E-state index contributed by atoms with van der Waals surface area (Å²) >= 11 is 6.15. The first-order valence-corrected chi connectivity index (χ1v) is 8.58. The maximum atomic E-state index is 13.0. The van der Waals surface area contributed by atoms with Crippen LogP contribution in [0.25, 0.3) is 11.0 Å². The zero-order valence-corrected chi connectivity index (χ0v) is 14.0. The molecule has 1 aliphatic carbocycles. The zero-order chi connectivity index (χ0) is 17.0. The number of likely N-dealkylation sites (tertiary alicyclic amines) is 1. The summed E-state index contributed by atoms with van der Waals surface area (Å²) in [5.74, 6) is -0.738. The van der Waals surface area contributed by atoms with E-state index in [1.54, 1.807) is 6.07 Å². The van der Waals surface area contributed by atoms with E-state index in [1.807, 2.05) is 19.1 Å². The standard InChI is InChI=1S/C18H18ClNO4/c1-9-11-5-3-7-13(19)16(11)24-15(9)17(21)20-8-10-4-2-6-12(10)14(20)18(22)23/h3,5,7,10,12,14H,2,4,6,8H2,1H3,(H,22,23). The number of benzene rings is 1. The molecular formula is C18H18ClNO4. The lowest BCUT2D eigenvalue weighted by Gasteiger charge is -2.23. The Morgan fingerprint density at radius 1 is 1.33 bits per heavy atom. The van der Waals surface area contributed by atoms with Crippen molar-refractivity contribution in [1.82, 2.24) is 4.90 Å². The molecule has 0 bridgehead atoms. The molecule has 6 heteroatoms. The van der Waals surface area contributed by atoms with Crippen LogP contribution in [0.1, 0.15) is 35.4 Å². The summed E-state index contributed by atoms with van der Waals surface area (Å²) in [7, 11) is 0. The van der Waals surface area contributed by atoms with Gasteiger partial charge in [0.05, 0.1) is 5.02 Å². The molecule has 1 N–H and O–H groups in total. The quantitative estimate of drug-likeness (QED) is 0.898. The molecule has 24 heavy (non-hydrogen) atoms. The first kappa shape index (κ1) is 15.5. The van der Waals surface area contributed by atoms with Crippen LogP contribution in [0.15, 0.2) is 22.6 Å². The molecule has 1 aliphatic heterocycles. The van der Waals surface area contributed by atoms with E-state index in [0.717, 1.165) is 24.6 Å². The molecule has 126 valence electrons. The van der Waals surface area contributed by atoms with Crippen LogP contribution in [0.3, 0.4) is 0 Å². The fraction of sp³-hybridized carbons (Fsp3) is 0.444. The molecule has 3 unspecified atom stereocenters. The van der Waals surface area contributed by atoms with Crippen molar-refractivity contribution in [3.63, 3.8) is 0 Å². The van der Waals surface area contributed by atoms with Gasteiger partial charge in [0.1, 0.15) is 6.04 Å². The number of carboxylic acid groups (broad SMARTS) is 1. The molecule has 1 amide bonds. The average molecular weight is 348 g/mol. The highest BCUT2D eigenvalue weighted by Gasteiger charge is 2.50. The van der Waals surface area contributed by atoms with Crippen molar-refractivity contribution in [2.45, 2.75) is 32.2 Å². The van der Waals surface area contributed by atoms with E-state index in [1.165, 1.54) is 4.90 Å². The van der Waals surface area contributed by atoms with Gasteiger partial charge in [0.25, 0.3) is 5.91 Å². The van der Waals surface area contributed by atoms with Gasteiger partial charge in [-0.3, -0.25) is 4.79 Å². The number of aliphatic carboxylic acids is 1. The minimum absolute atomic E-state index is 0.0553. The number of hydrogen-bond acceptors (Lipinski definition) is 3. The van der Waals surface area contributed by atoms with Gasteiger partial charge in [-0.25, -0.2) is 4.79 Å². The zero-order valence-electron chi connectivity index (χ0n) is 13.3. The van der Waals surface area contributed by atoms with Gasteiger partial charge in [0.2, 0.25) is 0 Å². The molecule has 0 spiro atoms.